The van der Waals surface area contributed by atoms with Crippen LogP contribution in [-0.2, 0) is 11.2 Å². The molecule has 0 saturated carbocycles. The number of benzene rings is 1. The highest BCUT2D eigenvalue weighted by Crippen LogP contribution is 2.37. The fourth-order valence-corrected chi connectivity index (χ4v) is 3.17. The van der Waals surface area contributed by atoms with Gasteiger partial charge in [-0.05, 0) is 24.1 Å². The number of allylic oxidation sites excluding steroid dienone is 1. The Balaban J connectivity index is 1.92. The molecule has 0 aliphatic carbocycles. The quantitative estimate of drug-likeness (QED) is 0.765. The number of hydrogen-bond donors (Lipinski definition) is 1. The molecule has 1 atom stereocenters. The van der Waals surface area contributed by atoms with E-state index in [4.69, 9.17) is 0 Å². The van der Waals surface area contributed by atoms with Crippen LogP contribution < -0.4 is 0 Å². The van der Waals surface area contributed by atoms with Gasteiger partial charge in [-0.3, -0.25) is 4.79 Å². The zero-order valence-corrected chi connectivity index (χ0v) is 10.0. The second-order valence-corrected chi connectivity index (χ2v) is 5.05. The summed E-state index contributed by atoms with van der Waals surface area (Å²) in [7, 11) is 0. The maximum atomic E-state index is 11.6. The Morgan fingerprint density at radius 3 is 3.11 bits per heavy atom. The van der Waals surface area contributed by atoms with Gasteiger partial charge in [0.25, 0.3) is 0 Å². The highest BCUT2D eigenvalue weighted by atomic mass is 16.1. The average molecular weight is 238 g/mol. The lowest BCUT2D eigenvalue weighted by molar-refractivity contribution is -0.116. The molecule has 1 aromatic heterocycles. The lowest BCUT2D eigenvalue weighted by atomic mass is 9.92. The minimum absolute atomic E-state index is 0.207. The Labute approximate surface area is 105 Å². The van der Waals surface area contributed by atoms with Gasteiger partial charge in [0, 0.05) is 35.8 Å². The van der Waals surface area contributed by atoms with Crippen molar-refractivity contribution in [2.24, 2.45) is 0 Å². The summed E-state index contributed by atoms with van der Waals surface area (Å²) < 4.78 is 0. The lowest BCUT2D eigenvalue weighted by Gasteiger charge is -2.36. The first-order valence-electron chi connectivity index (χ1n) is 6.39. The molecule has 90 valence electrons. The molecular weight excluding hydrogens is 224 g/mol. The van der Waals surface area contributed by atoms with Crippen LogP contribution in [0.25, 0.3) is 10.9 Å². The molecule has 0 unspecified atom stereocenters. The zero-order valence-electron chi connectivity index (χ0n) is 10.0. The fraction of sp³-hybridized carbons (Fsp3) is 0.267. The zero-order chi connectivity index (χ0) is 12.1. The van der Waals surface area contributed by atoms with E-state index in [9.17, 15) is 4.79 Å². The predicted molar refractivity (Wildman–Crippen MR) is 70.2 cm³/mol. The van der Waals surface area contributed by atoms with Crippen LogP contribution in [0.5, 0.6) is 0 Å². The number of hydrogen-bond acceptors (Lipinski definition) is 2. The van der Waals surface area contributed by atoms with E-state index in [1.807, 2.05) is 12.3 Å². The number of carbonyl (C=O) groups is 1. The molecule has 0 amide bonds. The number of rotatable bonds is 0. The number of aromatic nitrogens is 1. The summed E-state index contributed by atoms with van der Waals surface area (Å²) in [5.74, 6) is 0.225. The standard InChI is InChI=1S/C15H14N2O/c18-10-5-7-17-8-6-12-11-3-1-2-4-13(11)16-15(12)14(17)9-10/h1-5,7,14,16H,6,8-9H2/t14-/m0/s1. The minimum Gasteiger partial charge on any atom is -0.368 e. The molecule has 0 bridgehead atoms. The highest BCUT2D eigenvalue weighted by molar-refractivity contribution is 5.92. The molecule has 3 heterocycles. The van der Waals surface area contributed by atoms with Gasteiger partial charge in [-0.25, -0.2) is 0 Å². The molecule has 2 aromatic rings. The van der Waals surface area contributed by atoms with Crippen molar-refractivity contribution in [2.75, 3.05) is 6.54 Å². The minimum atomic E-state index is 0.207. The van der Waals surface area contributed by atoms with Gasteiger partial charge >= 0.3 is 0 Å². The molecule has 0 spiro atoms. The average Bonchev–Trinajstić information content (AvgIpc) is 2.78. The molecule has 1 aromatic carbocycles. The topological polar surface area (TPSA) is 36.1 Å². The largest absolute Gasteiger partial charge is 0.368 e. The maximum absolute atomic E-state index is 11.6. The van der Waals surface area contributed by atoms with Gasteiger partial charge in [0.2, 0.25) is 0 Å². The smallest absolute Gasteiger partial charge is 0.159 e. The molecule has 2 aliphatic rings. The first-order chi connectivity index (χ1) is 8.83. The van der Waals surface area contributed by atoms with E-state index in [1.54, 1.807) is 6.08 Å². The van der Waals surface area contributed by atoms with Crippen molar-refractivity contribution in [2.45, 2.75) is 18.9 Å². The van der Waals surface area contributed by atoms with Crippen molar-refractivity contribution in [1.82, 2.24) is 9.88 Å². The first-order valence-corrected chi connectivity index (χ1v) is 6.39. The number of H-pyrrole nitrogens is 1. The molecule has 4 rings (SSSR count). The van der Waals surface area contributed by atoms with Gasteiger partial charge in [-0.2, -0.15) is 0 Å². The van der Waals surface area contributed by atoms with Crippen LogP contribution >= 0.6 is 0 Å². The van der Waals surface area contributed by atoms with Gasteiger partial charge in [-0.15, -0.1) is 0 Å². The third-order valence-corrected chi connectivity index (χ3v) is 4.05. The van der Waals surface area contributed by atoms with Crippen LogP contribution in [0.1, 0.15) is 23.7 Å². The summed E-state index contributed by atoms with van der Waals surface area (Å²) in [5, 5.41) is 1.31. The van der Waals surface area contributed by atoms with E-state index < -0.39 is 0 Å². The highest BCUT2D eigenvalue weighted by Gasteiger charge is 2.31. The van der Waals surface area contributed by atoms with Crippen LogP contribution in [0.15, 0.2) is 36.5 Å². The van der Waals surface area contributed by atoms with E-state index in [-0.39, 0.29) is 11.8 Å². The van der Waals surface area contributed by atoms with Crippen molar-refractivity contribution in [3.8, 4) is 0 Å². The maximum Gasteiger partial charge on any atom is 0.159 e. The predicted octanol–water partition coefficient (Wildman–Crippen LogP) is 2.55. The summed E-state index contributed by atoms with van der Waals surface area (Å²) in [6, 6.07) is 8.61. The number of carbonyl (C=O) groups excluding carboxylic acids is 1. The van der Waals surface area contributed by atoms with Gasteiger partial charge < -0.3 is 9.88 Å². The SMILES string of the molecule is O=C1C=CN2CCc3c([nH]c4ccccc34)[C@@H]2C1. The molecule has 0 fully saturated rings. The number of nitrogens with one attached hydrogen (secondary N) is 1. The molecule has 3 heteroatoms. The monoisotopic (exact) mass is 238 g/mol. The van der Waals surface area contributed by atoms with Crippen molar-refractivity contribution >= 4 is 16.7 Å². The summed E-state index contributed by atoms with van der Waals surface area (Å²) in [6.45, 7) is 1.00. The van der Waals surface area contributed by atoms with Crippen molar-refractivity contribution in [1.29, 1.82) is 0 Å². The van der Waals surface area contributed by atoms with Crippen LogP contribution in [0.4, 0.5) is 0 Å². The van der Waals surface area contributed by atoms with Gasteiger partial charge in [0.1, 0.15) is 0 Å². The Morgan fingerprint density at radius 2 is 2.17 bits per heavy atom. The molecular formula is C15H14N2O. The molecule has 18 heavy (non-hydrogen) atoms. The van der Waals surface area contributed by atoms with Gasteiger partial charge in [0.15, 0.2) is 5.78 Å². The molecule has 0 saturated heterocycles. The molecule has 0 radical (unpaired) electrons. The summed E-state index contributed by atoms with van der Waals surface area (Å²) in [6.07, 6.45) is 5.29. The second kappa shape index (κ2) is 3.48. The normalized spacial score (nSPS) is 22.1. The van der Waals surface area contributed by atoms with E-state index in [2.05, 4.69) is 28.1 Å². The van der Waals surface area contributed by atoms with Crippen molar-refractivity contribution < 1.29 is 4.79 Å². The summed E-state index contributed by atoms with van der Waals surface area (Å²) in [4.78, 5) is 17.4. The van der Waals surface area contributed by atoms with E-state index >= 15 is 0 Å². The van der Waals surface area contributed by atoms with Gasteiger partial charge in [-0.1, -0.05) is 18.2 Å². The van der Waals surface area contributed by atoms with Crippen molar-refractivity contribution in [3.63, 3.8) is 0 Å². The third kappa shape index (κ3) is 1.27. The van der Waals surface area contributed by atoms with Gasteiger partial charge in [0.05, 0.1) is 6.04 Å². The number of fused-ring (bicyclic) bond motifs is 5. The summed E-state index contributed by atoms with van der Waals surface area (Å²) >= 11 is 0. The molecule has 3 nitrogen and oxygen atoms in total. The number of ketones is 1. The van der Waals surface area contributed by atoms with Crippen LogP contribution in [0.3, 0.4) is 0 Å². The van der Waals surface area contributed by atoms with Crippen LogP contribution in [-0.4, -0.2) is 22.2 Å². The van der Waals surface area contributed by atoms with E-state index in [0.29, 0.717) is 6.42 Å². The first kappa shape index (κ1) is 9.95. The number of aromatic amines is 1. The van der Waals surface area contributed by atoms with E-state index in [0.717, 1.165) is 13.0 Å². The number of para-hydroxylation sites is 1. The Bertz CT molecular complexity index is 668. The van der Waals surface area contributed by atoms with Crippen LogP contribution in [0, 0.1) is 0 Å². The Kier molecular flexibility index (Phi) is 1.92. The van der Waals surface area contributed by atoms with Crippen molar-refractivity contribution in [3.05, 3.63) is 47.8 Å². The molecule has 2 aliphatic heterocycles. The Hall–Kier alpha value is -2.03. The number of nitrogens with zero attached hydrogens (tertiary/aromatic N) is 1. The van der Waals surface area contributed by atoms with E-state index in [1.165, 1.54) is 22.2 Å². The molecule has 1 N–H and O–H groups in total. The lowest BCUT2D eigenvalue weighted by Crippen LogP contribution is -2.35. The Morgan fingerprint density at radius 1 is 1.28 bits per heavy atom. The summed E-state index contributed by atoms with van der Waals surface area (Å²) in [5.41, 5.74) is 3.82. The van der Waals surface area contributed by atoms with Crippen LogP contribution in [0.2, 0.25) is 0 Å². The third-order valence-electron chi connectivity index (χ3n) is 4.05. The second-order valence-electron chi connectivity index (χ2n) is 5.05. The fourth-order valence-electron chi connectivity index (χ4n) is 3.17.